The third kappa shape index (κ3) is 25.6. The van der Waals surface area contributed by atoms with E-state index < -0.39 is 41.7 Å². The van der Waals surface area contributed by atoms with Crippen molar-refractivity contribution in [3.8, 4) is 0 Å². The maximum absolute atomic E-state index is 11.6. The zero-order valence-electron chi connectivity index (χ0n) is 26.2. The first-order valence-corrected chi connectivity index (χ1v) is 16.7. The molecule has 0 aliphatic heterocycles. The number of rotatable bonds is 32. The molecule has 0 spiro atoms. The highest BCUT2D eigenvalue weighted by atomic mass is 16.4. The van der Waals surface area contributed by atoms with Crippen LogP contribution in [0.15, 0.2) is 0 Å². The van der Waals surface area contributed by atoms with Crippen LogP contribution in [0.5, 0.6) is 0 Å². The molecule has 250 valence electrons. The molecular formula is C33H58O10. The molecule has 3 unspecified atom stereocenters. The molecule has 10 nitrogen and oxygen atoms in total. The minimum absolute atomic E-state index is 0.0686. The van der Waals surface area contributed by atoms with Gasteiger partial charge in [-0.25, -0.2) is 0 Å². The Balaban J connectivity index is 3.74. The Hall–Kier alpha value is -2.65. The molecule has 0 saturated carbocycles. The zero-order valence-corrected chi connectivity index (χ0v) is 26.2. The largest absolute Gasteiger partial charge is 0.481 e. The summed E-state index contributed by atoms with van der Waals surface area (Å²) in [6.45, 7) is 0. The first-order valence-electron chi connectivity index (χ1n) is 16.7. The second kappa shape index (κ2) is 26.9. The van der Waals surface area contributed by atoms with E-state index in [1.807, 2.05) is 0 Å². The van der Waals surface area contributed by atoms with E-state index in [0.717, 1.165) is 70.6 Å². The molecule has 0 radical (unpaired) electrons. The van der Waals surface area contributed by atoms with Gasteiger partial charge in [0, 0.05) is 12.8 Å². The molecule has 0 aromatic rings. The van der Waals surface area contributed by atoms with Crippen LogP contribution >= 0.6 is 0 Å². The highest BCUT2D eigenvalue weighted by molar-refractivity contribution is 5.72. The Morgan fingerprint density at radius 2 is 0.558 bits per heavy atom. The number of carbonyl (C=O) groups is 5. The van der Waals surface area contributed by atoms with E-state index in [-0.39, 0.29) is 25.2 Å². The quantitative estimate of drug-likeness (QED) is 0.0464. The molecule has 0 aromatic heterocycles. The Morgan fingerprint density at radius 1 is 0.302 bits per heavy atom. The third-order valence-electron chi connectivity index (χ3n) is 8.41. The van der Waals surface area contributed by atoms with E-state index in [0.29, 0.717) is 38.5 Å². The van der Waals surface area contributed by atoms with Crippen molar-refractivity contribution in [1.29, 1.82) is 0 Å². The van der Waals surface area contributed by atoms with Crippen LogP contribution in [0.1, 0.15) is 161 Å². The fraction of sp³-hybridized carbons (Fsp3) is 0.848. The smallest absolute Gasteiger partial charge is 0.306 e. The van der Waals surface area contributed by atoms with Crippen LogP contribution in [0.2, 0.25) is 0 Å². The third-order valence-corrected chi connectivity index (χ3v) is 8.41. The van der Waals surface area contributed by atoms with Crippen molar-refractivity contribution in [2.45, 2.75) is 161 Å². The Labute approximate surface area is 257 Å². The summed E-state index contributed by atoms with van der Waals surface area (Å²) in [4.78, 5) is 55.6. The summed E-state index contributed by atoms with van der Waals surface area (Å²) in [5, 5.41) is 45.6. The zero-order chi connectivity index (χ0) is 32.3. The number of unbranched alkanes of at least 4 members (excludes halogenated alkanes) is 14. The normalized spacial score (nSPS) is 13.3. The summed E-state index contributed by atoms with van der Waals surface area (Å²) >= 11 is 0. The molecule has 0 fully saturated rings. The van der Waals surface area contributed by atoms with Crippen molar-refractivity contribution >= 4 is 29.8 Å². The fourth-order valence-electron chi connectivity index (χ4n) is 5.65. The second-order valence-electron chi connectivity index (χ2n) is 12.1. The maximum atomic E-state index is 11.6. The molecule has 0 aliphatic rings. The van der Waals surface area contributed by atoms with Gasteiger partial charge in [0.15, 0.2) is 0 Å². The van der Waals surface area contributed by atoms with E-state index in [9.17, 15) is 39.3 Å². The number of carboxylic acids is 5. The van der Waals surface area contributed by atoms with Gasteiger partial charge in [-0.15, -0.1) is 0 Å². The van der Waals surface area contributed by atoms with Crippen molar-refractivity contribution in [2.24, 2.45) is 17.8 Å². The summed E-state index contributed by atoms with van der Waals surface area (Å²) in [6.07, 6.45) is 19.6. The highest BCUT2D eigenvalue weighted by Gasteiger charge is 2.21. The van der Waals surface area contributed by atoms with Gasteiger partial charge in [-0.1, -0.05) is 103 Å². The van der Waals surface area contributed by atoms with Crippen LogP contribution in [0.25, 0.3) is 0 Å². The average molecular weight is 615 g/mol. The van der Waals surface area contributed by atoms with Crippen molar-refractivity contribution in [1.82, 2.24) is 0 Å². The Morgan fingerprint density at radius 3 is 0.860 bits per heavy atom. The molecule has 0 aliphatic carbocycles. The molecule has 5 N–H and O–H groups in total. The summed E-state index contributed by atoms with van der Waals surface area (Å²) in [6, 6.07) is 0. The Kier molecular flexibility index (Phi) is 25.3. The van der Waals surface area contributed by atoms with E-state index in [4.69, 9.17) is 10.2 Å². The van der Waals surface area contributed by atoms with Crippen LogP contribution in [0, 0.1) is 17.8 Å². The first kappa shape index (κ1) is 40.4. The van der Waals surface area contributed by atoms with Gasteiger partial charge in [0.1, 0.15) is 0 Å². The molecular weight excluding hydrogens is 556 g/mol. The Bertz CT molecular complexity index is 782. The van der Waals surface area contributed by atoms with Gasteiger partial charge in [0.25, 0.3) is 0 Å². The van der Waals surface area contributed by atoms with E-state index >= 15 is 0 Å². The number of aliphatic carboxylic acids is 5. The topological polar surface area (TPSA) is 186 Å². The van der Waals surface area contributed by atoms with Gasteiger partial charge in [0.2, 0.25) is 0 Å². The lowest BCUT2D eigenvalue weighted by molar-refractivity contribution is -0.144. The summed E-state index contributed by atoms with van der Waals surface area (Å²) in [7, 11) is 0. The maximum Gasteiger partial charge on any atom is 0.306 e. The molecule has 0 rings (SSSR count). The molecule has 0 aromatic carbocycles. The monoisotopic (exact) mass is 614 g/mol. The predicted octanol–water partition coefficient (Wildman–Crippen LogP) is 8.01. The summed E-state index contributed by atoms with van der Waals surface area (Å²) < 4.78 is 0. The van der Waals surface area contributed by atoms with Crippen molar-refractivity contribution < 1.29 is 49.5 Å². The van der Waals surface area contributed by atoms with Crippen LogP contribution in [0.3, 0.4) is 0 Å². The van der Waals surface area contributed by atoms with Crippen LogP contribution in [0.4, 0.5) is 0 Å². The molecule has 3 atom stereocenters. The van der Waals surface area contributed by atoms with Crippen molar-refractivity contribution in [2.75, 3.05) is 0 Å². The van der Waals surface area contributed by atoms with Gasteiger partial charge in [0.05, 0.1) is 17.8 Å². The van der Waals surface area contributed by atoms with Gasteiger partial charge in [-0.2, -0.15) is 0 Å². The molecule has 0 bridgehead atoms. The van der Waals surface area contributed by atoms with E-state index in [1.54, 1.807) is 0 Å². The first-order chi connectivity index (χ1) is 20.5. The SMILES string of the molecule is O=C(O)CCCCCCC(CCCCCCCCCCCCCCC(CCCC(CCC(=O)O)C(=O)O)C(=O)O)C(=O)O. The van der Waals surface area contributed by atoms with Crippen LogP contribution < -0.4 is 0 Å². The average Bonchev–Trinajstić information content (AvgIpc) is 2.93. The lowest BCUT2D eigenvalue weighted by atomic mass is 9.91. The van der Waals surface area contributed by atoms with Crippen LogP contribution in [-0.2, 0) is 24.0 Å². The number of hydrogen-bond donors (Lipinski definition) is 5. The molecule has 43 heavy (non-hydrogen) atoms. The summed E-state index contributed by atoms with van der Waals surface area (Å²) in [5.41, 5.74) is 0. The van der Waals surface area contributed by atoms with Gasteiger partial charge >= 0.3 is 29.8 Å². The fourth-order valence-corrected chi connectivity index (χ4v) is 5.65. The van der Waals surface area contributed by atoms with Gasteiger partial charge < -0.3 is 25.5 Å². The minimum atomic E-state index is -1.03. The predicted molar refractivity (Wildman–Crippen MR) is 164 cm³/mol. The van der Waals surface area contributed by atoms with E-state index in [2.05, 4.69) is 0 Å². The van der Waals surface area contributed by atoms with Crippen molar-refractivity contribution in [3.63, 3.8) is 0 Å². The van der Waals surface area contributed by atoms with E-state index in [1.165, 1.54) is 32.1 Å². The standard InChI is InChI=1S/C33H58O10/c34-29(35)23-16-12-11-15-19-26(31(38)39)18-13-9-7-5-3-1-2-4-6-8-10-14-20-27(32(40)41)21-17-22-28(33(42)43)24-25-30(36)37/h26-28H,1-25H2,(H,34,35)(H,36,37)(H,38,39)(H,40,41)(H,42,43). The highest BCUT2D eigenvalue weighted by Crippen LogP contribution is 2.23. The minimum Gasteiger partial charge on any atom is -0.481 e. The molecule has 0 saturated heterocycles. The number of hydrogen-bond acceptors (Lipinski definition) is 5. The second-order valence-corrected chi connectivity index (χ2v) is 12.1. The number of carboxylic acid groups (broad SMARTS) is 5. The molecule has 0 amide bonds. The lowest BCUT2D eigenvalue weighted by Crippen LogP contribution is -2.17. The molecule has 10 heteroatoms. The van der Waals surface area contributed by atoms with Crippen LogP contribution in [-0.4, -0.2) is 55.4 Å². The van der Waals surface area contributed by atoms with Gasteiger partial charge in [-0.05, 0) is 44.9 Å². The van der Waals surface area contributed by atoms with Crippen molar-refractivity contribution in [3.05, 3.63) is 0 Å². The lowest BCUT2D eigenvalue weighted by Gasteiger charge is -2.15. The summed E-state index contributed by atoms with van der Waals surface area (Å²) in [5.74, 6) is -5.90. The van der Waals surface area contributed by atoms with Gasteiger partial charge in [-0.3, -0.25) is 24.0 Å². The molecule has 0 heterocycles.